The molecule has 0 saturated heterocycles. The average molecular weight is 247 g/mol. The van der Waals surface area contributed by atoms with E-state index >= 15 is 0 Å². The summed E-state index contributed by atoms with van der Waals surface area (Å²) in [5.41, 5.74) is 7.34. The van der Waals surface area contributed by atoms with Crippen molar-refractivity contribution in [1.82, 2.24) is 10.3 Å². The second-order valence-electron chi connectivity index (χ2n) is 4.12. The van der Waals surface area contributed by atoms with Gasteiger partial charge >= 0.3 is 0 Å². The number of benzene rings is 1. The van der Waals surface area contributed by atoms with E-state index in [0.717, 1.165) is 23.1 Å². The third-order valence-electron chi connectivity index (χ3n) is 2.84. The maximum atomic E-state index is 10.6. The van der Waals surface area contributed by atoms with Gasteiger partial charge in [0.25, 0.3) is 0 Å². The molecule has 1 amide bonds. The van der Waals surface area contributed by atoms with Crippen molar-refractivity contribution in [2.45, 2.75) is 6.42 Å². The van der Waals surface area contributed by atoms with E-state index in [4.69, 9.17) is 10.5 Å². The smallest absolute Gasteiger partial charge is 0.231 e. The first kappa shape index (κ1) is 12.4. The predicted molar refractivity (Wildman–Crippen MR) is 70.6 cm³/mol. The Bertz CT molecular complexity index is 548. The third-order valence-corrected chi connectivity index (χ3v) is 2.84. The van der Waals surface area contributed by atoms with Crippen molar-refractivity contribution in [3.05, 3.63) is 30.0 Å². The summed E-state index contributed by atoms with van der Waals surface area (Å²) < 4.78 is 5.21. The van der Waals surface area contributed by atoms with Gasteiger partial charge in [-0.1, -0.05) is 0 Å². The minimum Gasteiger partial charge on any atom is -0.497 e. The van der Waals surface area contributed by atoms with E-state index < -0.39 is 0 Å². The highest BCUT2D eigenvalue weighted by atomic mass is 16.5. The molecule has 0 unspecified atom stereocenters. The van der Waals surface area contributed by atoms with Gasteiger partial charge in [-0.3, -0.25) is 4.79 Å². The van der Waals surface area contributed by atoms with Gasteiger partial charge in [0.2, 0.25) is 5.91 Å². The third kappa shape index (κ3) is 2.81. The van der Waals surface area contributed by atoms with Gasteiger partial charge in [-0.2, -0.15) is 0 Å². The van der Waals surface area contributed by atoms with E-state index in [1.807, 2.05) is 24.4 Å². The molecule has 5 heteroatoms. The van der Waals surface area contributed by atoms with Gasteiger partial charge in [0.15, 0.2) is 0 Å². The first-order chi connectivity index (χ1) is 8.70. The lowest BCUT2D eigenvalue weighted by molar-refractivity contribution is -0.117. The number of hydrogen-bond acceptors (Lipinski definition) is 3. The highest BCUT2D eigenvalue weighted by Gasteiger charge is 2.05. The molecular weight excluding hydrogens is 230 g/mol. The van der Waals surface area contributed by atoms with Crippen LogP contribution in [-0.4, -0.2) is 31.1 Å². The van der Waals surface area contributed by atoms with E-state index in [1.54, 1.807) is 7.11 Å². The van der Waals surface area contributed by atoms with Crippen LogP contribution in [0.3, 0.4) is 0 Å². The minimum absolute atomic E-state index is 0.214. The molecule has 0 aliphatic heterocycles. The molecule has 18 heavy (non-hydrogen) atoms. The zero-order valence-corrected chi connectivity index (χ0v) is 10.3. The molecule has 5 nitrogen and oxygen atoms in total. The molecular formula is C13H17N3O2. The lowest BCUT2D eigenvalue weighted by atomic mass is 10.1. The number of carbonyl (C=O) groups is 1. The molecule has 0 aliphatic rings. The topological polar surface area (TPSA) is 80.1 Å². The summed E-state index contributed by atoms with van der Waals surface area (Å²) in [5.74, 6) is 0.504. The molecule has 0 fully saturated rings. The summed E-state index contributed by atoms with van der Waals surface area (Å²) in [6, 6.07) is 5.93. The van der Waals surface area contributed by atoms with Crippen molar-refractivity contribution in [2.75, 3.05) is 20.2 Å². The van der Waals surface area contributed by atoms with Crippen LogP contribution in [0.1, 0.15) is 5.56 Å². The van der Waals surface area contributed by atoms with Crippen molar-refractivity contribution in [3.8, 4) is 5.75 Å². The summed E-state index contributed by atoms with van der Waals surface area (Å²) in [5, 5.41) is 4.15. The Labute approximate surface area is 105 Å². The van der Waals surface area contributed by atoms with Gasteiger partial charge in [-0.15, -0.1) is 0 Å². The van der Waals surface area contributed by atoms with E-state index in [0.29, 0.717) is 6.54 Å². The lowest BCUT2D eigenvalue weighted by Crippen LogP contribution is -2.29. The minimum atomic E-state index is -0.337. The van der Waals surface area contributed by atoms with Crippen LogP contribution < -0.4 is 15.8 Å². The van der Waals surface area contributed by atoms with Crippen LogP contribution in [0.4, 0.5) is 0 Å². The van der Waals surface area contributed by atoms with Crippen LogP contribution in [0.2, 0.25) is 0 Å². The first-order valence-corrected chi connectivity index (χ1v) is 5.83. The van der Waals surface area contributed by atoms with Crippen LogP contribution in [0, 0.1) is 0 Å². The normalized spacial score (nSPS) is 10.7. The number of amides is 1. The number of methoxy groups -OCH3 is 1. The maximum Gasteiger partial charge on any atom is 0.231 e. The monoisotopic (exact) mass is 247 g/mol. The zero-order valence-electron chi connectivity index (χ0n) is 10.3. The first-order valence-electron chi connectivity index (χ1n) is 5.83. The lowest BCUT2D eigenvalue weighted by Gasteiger charge is -2.03. The van der Waals surface area contributed by atoms with E-state index in [-0.39, 0.29) is 12.5 Å². The fourth-order valence-corrected chi connectivity index (χ4v) is 1.93. The number of rotatable bonds is 6. The van der Waals surface area contributed by atoms with Gasteiger partial charge in [0.05, 0.1) is 13.7 Å². The Hall–Kier alpha value is -2.01. The Morgan fingerprint density at radius 3 is 3.06 bits per heavy atom. The highest BCUT2D eigenvalue weighted by molar-refractivity contribution is 5.84. The number of H-pyrrole nitrogens is 1. The average Bonchev–Trinajstić information content (AvgIpc) is 2.76. The Morgan fingerprint density at radius 1 is 1.50 bits per heavy atom. The van der Waals surface area contributed by atoms with Crippen LogP contribution in [0.5, 0.6) is 5.75 Å². The second kappa shape index (κ2) is 5.55. The molecule has 0 bridgehead atoms. The van der Waals surface area contributed by atoms with Crippen molar-refractivity contribution in [2.24, 2.45) is 5.73 Å². The summed E-state index contributed by atoms with van der Waals surface area (Å²) >= 11 is 0. The SMILES string of the molecule is COc1ccc2[nH]cc(CCNCC(N)=O)c2c1. The summed E-state index contributed by atoms with van der Waals surface area (Å²) in [6.45, 7) is 0.929. The zero-order chi connectivity index (χ0) is 13.0. The van der Waals surface area contributed by atoms with Crippen LogP contribution in [0.15, 0.2) is 24.4 Å². The molecule has 4 N–H and O–H groups in total. The predicted octanol–water partition coefficient (Wildman–Crippen LogP) is 0.794. The van der Waals surface area contributed by atoms with Gasteiger partial charge < -0.3 is 20.8 Å². The van der Waals surface area contributed by atoms with Gasteiger partial charge in [-0.25, -0.2) is 0 Å². The van der Waals surface area contributed by atoms with Gasteiger partial charge in [0, 0.05) is 17.1 Å². The largest absolute Gasteiger partial charge is 0.497 e. The molecule has 0 spiro atoms. The molecule has 0 atom stereocenters. The van der Waals surface area contributed by atoms with Gasteiger partial charge in [-0.05, 0) is 36.7 Å². The standard InChI is InChI=1S/C13H17N3O2/c1-18-10-2-3-12-11(6-10)9(7-16-12)4-5-15-8-13(14)17/h2-3,6-7,15-16H,4-5,8H2,1H3,(H2,14,17). The van der Waals surface area contributed by atoms with Crippen LogP contribution >= 0.6 is 0 Å². The fourth-order valence-electron chi connectivity index (χ4n) is 1.93. The highest BCUT2D eigenvalue weighted by Crippen LogP contribution is 2.23. The molecule has 0 aliphatic carbocycles. The number of nitrogens with two attached hydrogens (primary N) is 1. The number of aromatic nitrogens is 1. The van der Waals surface area contributed by atoms with Crippen molar-refractivity contribution >= 4 is 16.8 Å². The molecule has 2 aromatic rings. The number of nitrogens with one attached hydrogen (secondary N) is 2. The molecule has 0 saturated carbocycles. The van der Waals surface area contributed by atoms with Crippen LogP contribution in [0.25, 0.3) is 10.9 Å². The Kier molecular flexibility index (Phi) is 3.84. The van der Waals surface area contributed by atoms with Crippen molar-refractivity contribution < 1.29 is 9.53 Å². The maximum absolute atomic E-state index is 10.6. The summed E-state index contributed by atoms with van der Waals surface area (Å²) in [6.07, 6.45) is 2.82. The van der Waals surface area contributed by atoms with Crippen molar-refractivity contribution in [1.29, 1.82) is 0 Å². The number of carbonyl (C=O) groups excluding carboxylic acids is 1. The molecule has 2 rings (SSSR count). The van der Waals surface area contributed by atoms with E-state index in [1.165, 1.54) is 5.56 Å². The van der Waals surface area contributed by atoms with E-state index in [2.05, 4.69) is 10.3 Å². The number of aromatic amines is 1. The molecule has 1 heterocycles. The number of hydrogen-bond donors (Lipinski definition) is 3. The van der Waals surface area contributed by atoms with Gasteiger partial charge in [0.1, 0.15) is 5.75 Å². The summed E-state index contributed by atoms with van der Waals surface area (Å²) in [7, 11) is 1.65. The van der Waals surface area contributed by atoms with E-state index in [9.17, 15) is 4.79 Å². The Morgan fingerprint density at radius 2 is 2.33 bits per heavy atom. The fraction of sp³-hybridized carbons (Fsp3) is 0.308. The summed E-state index contributed by atoms with van der Waals surface area (Å²) in [4.78, 5) is 13.8. The number of fused-ring (bicyclic) bond motifs is 1. The quantitative estimate of drug-likeness (QED) is 0.660. The molecule has 1 aromatic heterocycles. The van der Waals surface area contributed by atoms with Crippen molar-refractivity contribution in [3.63, 3.8) is 0 Å². The molecule has 0 radical (unpaired) electrons. The second-order valence-corrected chi connectivity index (χ2v) is 4.12. The van der Waals surface area contributed by atoms with Crippen LogP contribution in [-0.2, 0) is 11.2 Å². The Balaban J connectivity index is 2.06. The number of ether oxygens (including phenoxy) is 1. The number of primary amides is 1. The molecule has 96 valence electrons. The molecule has 1 aromatic carbocycles.